The topological polar surface area (TPSA) is 48.2 Å². The molecule has 0 bridgehead atoms. The number of rotatable bonds is 4. The predicted octanol–water partition coefficient (Wildman–Crippen LogP) is 4.83. The van der Waals surface area contributed by atoms with Gasteiger partial charge in [-0.15, -0.1) is 13.2 Å². The van der Waals surface area contributed by atoms with E-state index in [1.807, 2.05) is 0 Å². The molecule has 25 heavy (non-hydrogen) atoms. The van der Waals surface area contributed by atoms with Gasteiger partial charge in [-0.05, 0) is 17.7 Å². The average Bonchev–Trinajstić information content (AvgIpc) is 3.07. The van der Waals surface area contributed by atoms with Gasteiger partial charge in [-0.3, -0.25) is 4.98 Å². The first-order valence-electron chi connectivity index (χ1n) is 6.87. The first kappa shape index (κ1) is 16.9. The molecule has 9 heteroatoms. The summed E-state index contributed by atoms with van der Waals surface area (Å²) >= 11 is 0. The van der Waals surface area contributed by atoms with Gasteiger partial charge in [0.15, 0.2) is 18.3 Å². The molecule has 1 unspecified atom stereocenters. The number of oxazole rings is 1. The highest BCUT2D eigenvalue weighted by Gasteiger charge is 2.31. The van der Waals surface area contributed by atoms with Crippen LogP contribution in [0.1, 0.15) is 17.3 Å². The molecule has 3 rings (SSSR count). The van der Waals surface area contributed by atoms with Crippen molar-refractivity contribution in [2.24, 2.45) is 0 Å². The van der Waals surface area contributed by atoms with Gasteiger partial charge in [0.05, 0.1) is 12.4 Å². The molecule has 0 aliphatic rings. The Labute approximate surface area is 137 Å². The molecule has 0 saturated carbocycles. The molecule has 3 aromatic rings. The third-order valence-electron chi connectivity index (χ3n) is 3.30. The Morgan fingerprint density at radius 3 is 2.32 bits per heavy atom. The maximum atomic E-state index is 14.9. The SMILES string of the molecule is Fc1cncc(-c2cnco2)c1C(F)c1ccc(OC(F)(F)F)cc1. The summed E-state index contributed by atoms with van der Waals surface area (Å²) in [5.41, 5.74) is -0.350. The van der Waals surface area contributed by atoms with Gasteiger partial charge in [-0.25, -0.2) is 13.8 Å². The third-order valence-corrected chi connectivity index (χ3v) is 3.30. The van der Waals surface area contributed by atoms with Gasteiger partial charge in [0.25, 0.3) is 0 Å². The van der Waals surface area contributed by atoms with Crippen LogP contribution >= 0.6 is 0 Å². The zero-order valence-corrected chi connectivity index (χ0v) is 12.3. The van der Waals surface area contributed by atoms with E-state index in [9.17, 15) is 22.0 Å². The summed E-state index contributed by atoms with van der Waals surface area (Å²) in [6.07, 6.45) is -2.39. The van der Waals surface area contributed by atoms with Crippen molar-refractivity contribution in [3.63, 3.8) is 0 Å². The summed E-state index contributed by atoms with van der Waals surface area (Å²) in [5.74, 6) is -1.31. The Hall–Kier alpha value is -2.97. The first-order valence-corrected chi connectivity index (χ1v) is 6.87. The van der Waals surface area contributed by atoms with E-state index in [-0.39, 0.29) is 22.5 Å². The summed E-state index contributed by atoms with van der Waals surface area (Å²) in [7, 11) is 0. The number of benzene rings is 1. The van der Waals surface area contributed by atoms with Crippen molar-refractivity contribution in [3.8, 4) is 17.1 Å². The van der Waals surface area contributed by atoms with Crippen molar-refractivity contribution in [2.75, 3.05) is 0 Å². The Kier molecular flexibility index (Phi) is 4.39. The van der Waals surface area contributed by atoms with E-state index in [2.05, 4.69) is 14.7 Å². The van der Waals surface area contributed by atoms with Gasteiger partial charge in [-0.1, -0.05) is 12.1 Å². The minimum absolute atomic E-state index is 0.0552. The van der Waals surface area contributed by atoms with Gasteiger partial charge in [0, 0.05) is 17.3 Å². The second-order valence-corrected chi connectivity index (χ2v) is 4.93. The zero-order valence-electron chi connectivity index (χ0n) is 12.3. The summed E-state index contributed by atoms with van der Waals surface area (Å²) in [5, 5.41) is 0. The fraction of sp³-hybridized carbons (Fsp3) is 0.125. The number of aromatic nitrogens is 2. The van der Waals surface area contributed by atoms with E-state index in [0.29, 0.717) is 0 Å². The average molecular weight is 356 g/mol. The number of ether oxygens (including phenoxy) is 1. The van der Waals surface area contributed by atoms with Crippen LogP contribution < -0.4 is 4.74 Å². The summed E-state index contributed by atoms with van der Waals surface area (Å²) < 4.78 is 74.2. The molecule has 0 N–H and O–H groups in total. The molecule has 1 atom stereocenters. The molecular weight excluding hydrogens is 347 g/mol. The lowest BCUT2D eigenvalue weighted by molar-refractivity contribution is -0.274. The summed E-state index contributed by atoms with van der Waals surface area (Å²) in [4.78, 5) is 7.34. The maximum absolute atomic E-state index is 14.9. The fourth-order valence-corrected chi connectivity index (χ4v) is 2.25. The number of alkyl halides is 4. The molecule has 0 saturated heterocycles. The number of nitrogens with zero attached hydrogens (tertiary/aromatic N) is 2. The van der Waals surface area contributed by atoms with E-state index >= 15 is 0 Å². The van der Waals surface area contributed by atoms with Crippen LogP contribution in [0.5, 0.6) is 5.75 Å². The number of hydrogen-bond acceptors (Lipinski definition) is 4. The normalized spacial score (nSPS) is 12.8. The molecule has 4 nitrogen and oxygen atoms in total. The standard InChI is InChI=1S/C16H9F5N2O2/c17-12-6-22-5-11(13-7-23-8-24-13)14(12)15(18)9-1-3-10(4-2-9)25-16(19,20)21/h1-8,15H. The van der Waals surface area contributed by atoms with Crippen LogP contribution in [0.4, 0.5) is 22.0 Å². The smallest absolute Gasteiger partial charge is 0.443 e. The highest BCUT2D eigenvalue weighted by atomic mass is 19.4. The van der Waals surface area contributed by atoms with Gasteiger partial charge >= 0.3 is 6.36 Å². The molecule has 0 aliphatic carbocycles. The summed E-state index contributed by atoms with van der Waals surface area (Å²) in [6.45, 7) is 0. The number of pyridine rings is 1. The minimum atomic E-state index is -4.85. The van der Waals surface area contributed by atoms with Crippen LogP contribution in [0.25, 0.3) is 11.3 Å². The quantitative estimate of drug-likeness (QED) is 0.628. The van der Waals surface area contributed by atoms with E-state index in [4.69, 9.17) is 4.42 Å². The van der Waals surface area contributed by atoms with Crippen molar-refractivity contribution in [3.05, 3.63) is 66.2 Å². The summed E-state index contributed by atoms with van der Waals surface area (Å²) in [6, 6.07) is 4.05. The molecule has 0 aliphatic heterocycles. The Morgan fingerprint density at radius 1 is 1.00 bits per heavy atom. The lowest BCUT2D eigenvalue weighted by Crippen LogP contribution is -2.17. The fourth-order valence-electron chi connectivity index (χ4n) is 2.25. The Morgan fingerprint density at radius 2 is 1.72 bits per heavy atom. The first-order chi connectivity index (χ1) is 11.8. The molecule has 0 amide bonds. The second-order valence-electron chi connectivity index (χ2n) is 4.93. The van der Waals surface area contributed by atoms with Crippen molar-refractivity contribution in [1.82, 2.24) is 9.97 Å². The van der Waals surface area contributed by atoms with Crippen molar-refractivity contribution < 1.29 is 31.1 Å². The molecule has 2 aromatic heterocycles. The van der Waals surface area contributed by atoms with Crippen LogP contribution in [0.15, 0.2) is 53.7 Å². The molecule has 130 valence electrons. The Bertz CT molecular complexity index is 848. The van der Waals surface area contributed by atoms with E-state index in [1.165, 1.54) is 12.4 Å². The van der Waals surface area contributed by atoms with Crippen molar-refractivity contribution in [2.45, 2.75) is 12.5 Å². The van der Waals surface area contributed by atoms with Crippen molar-refractivity contribution >= 4 is 0 Å². The van der Waals surface area contributed by atoms with Crippen LogP contribution in [-0.4, -0.2) is 16.3 Å². The monoisotopic (exact) mass is 356 g/mol. The molecular formula is C16H9F5N2O2. The highest BCUT2D eigenvalue weighted by Crippen LogP contribution is 2.36. The second kappa shape index (κ2) is 6.50. The van der Waals surface area contributed by atoms with Gasteiger partial charge < -0.3 is 9.15 Å². The van der Waals surface area contributed by atoms with Gasteiger partial charge in [0.2, 0.25) is 0 Å². The van der Waals surface area contributed by atoms with E-state index < -0.39 is 24.1 Å². The maximum Gasteiger partial charge on any atom is 0.573 e. The lowest BCUT2D eigenvalue weighted by Gasteiger charge is -2.14. The largest absolute Gasteiger partial charge is 0.573 e. The molecule has 0 spiro atoms. The van der Waals surface area contributed by atoms with Crippen LogP contribution in [0.2, 0.25) is 0 Å². The zero-order chi connectivity index (χ0) is 18.0. The molecule has 2 heterocycles. The number of hydrogen-bond donors (Lipinski definition) is 0. The highest BCUT2D eigenvalue weighted by molar-refractivity contribution is 5.62. The molecule has 0 fully saturated rings. The molecule has 0 radical (unpaired) electrons. The minimum Gasteiger partial charge on any atom is -0.443 e. The molecule has 1 aromatic carbocycles. The van der Waals surface area contributed by atoms with Gasteiger partial charge in [-0.2, -0.15) is 0 Å². The predicted molar refractivity (Wildman–Crippen MR) is 75.8 cm³/mol. The van der Waals surface area contributed by atoms with Crippen LogP contribution in [0.3, 0.4) is 0 Å². The van der Waals surface area contributed by atoms with E-state index in [0.717, 1.165) is 36.9 Å². The lowest BCUT2D eigenvalue weighted by atomic mass is 9.98. The van der Waals surface area contributed by atoms with E-state index in [1.54, 1.807) is 0 Å². The number of halogens is 5. The van der Waals surface area contributed by atoms with Gasteiger partial charge in [0.1, 0.15) is 11.6 Å². The van der Waals surface area contributed by atoms with Crippen molar-refractivity contribution in [1.29, 1.82) is 0 Å². The Balaban J connectivity index is 1.95. The third kappa shape index (κ3) is 3.76. The van der Waals surface area contributed by atoms with Crippen LogP contribution in [0, 0.1) is 5.82 Å². The van der Waals surface area contributed by atoms with Crippen LogP contribution in [-0.2, 0) is 0 Å².